The van der Waals surface area contributed by atoms with Crippen molar-refractivity contribution in [1.82, 2.24) is 9.80 Å². The minimum atomic E-state index is 0. The summed E-state index contributed by atoms with van der Waals surface area (Å²) in [7, 11) is 0. The predicted octanol–water partition coefficient (Wildman–Crippen LogP) is 5.55. The number of ether oxygens (including phenoxy) is 1. The van der Waals surface area contributed by atoms with Crippen molar-refractivity contribution in [1.29, 1.82) is 0 Å². The third kappa shape index (κ3) is 7.40. The van der Waals surface area contributed by atoms with Crippen LogP contribution < -0.4 is 0 Å². The van der Waals surface area contributed by atoms with Crippen molar-refractivity contribution < 1.29 is 4.74 Å². The summed E-state index contributed by atoms with van der Waals surface area (Å²) < 4.78 is 5.82. The Morgan fingerprint density at radius 1 is 0.800 bits per heavy atom. The van der Waals surface area contributed by atoms with Gasteiger partial charge in [-0.3, -0.25) is 9.80 Å². The molecule has 0 amide bonds. The van der Waals surface area contributed by atoms with Gasteiger partial charge < -0.3 is 4.74 Å². The van der Waals surface area contributed by atoms with Crippen molar-refractivity contribution in [3.8, 4) is 0 Å². The van der Waals surface area contributed by atoms with Crippen molar-refractivity contribution in [2.75, 3.05) is 13.1 Å². The molecule has 0 saturated carbocycles. The van der Waals surface area contributed by atoms with Crippen LogP contribution in [0.4, 0.5) is 0 Å². The highest BCUT2D eigenvalue weighted by molar-refractivity contribution is 8.00. The van der Waals surface area contributed by atoms with Gasteiger partial charge in [-0.2, -0.15) is 0 Å². The first kappa shape index (κ1) is 25.2. The van der Waals surface area contributed by atoms with Crippen LogP contribution in [-0.2, 0) is 4.74 Å². The van der Waals surface area contributed by atoms with Crippen LogP contribution in [0.3, 0.4) is 0 Å². The summed E-state index contributed by atoms with van der Waals surface area (Å²) in [6, 6.07) is 1.30. The summed E-state index contributed by atoms with van der Waals surface area (Å²) in [6.07, 6.45) is 0.736. The first-order valence-electron chi connectivity index (χ1n) is 9.86. The smallest absolute Gasteiger partial charge is 0.113 e. The zero-order valence-corrected chi connectivity index (χ0v) is 18.6. The summed E-state index contributed by atoms with van der Waals surface area (Å²) in [5, 5.41) is 1.57. The van der Waals surface area contributed by atoms with Gasteiger partial charge in [0.2, 0.25) is 0 Å². The van der Waals surface area contributed by atoms with Crippen LogP contribution in [0.15, 0.2) is 0 Å². The van der Waals surface area contributed by atoms with E-state index >= 15 is 0 Å². The number of hydrogen-bond acceptors (Lipinski definition) is 4. The third-order valence-corrected chi connectivity index (χ3v) is 6.51. The molecule has 2 heterocycles. The van der Waals surface area contributed by atoms with E-state index in [1.165, 1.54) is 6.54 Å². The number of rotatable bonds is 4. The molecule has 2 aliphatic heterocycles. The molecule has 2 rings (SSSR count). The quantitative estimate of drug-likeness (QED) is 0.641. The fourth-order valence-corrected chi connectivity index (χ4v) is 5.14. The van der Waals surface area contributed by atoms with Crippen molar-refractivity contribution in [2.45, 2.75) is 112 Å². The lowest BCUT2D eigenvalue weighted by molar-refractivity contribution is -0.0347. The second-order valence-electron chi connectivity index (χ2n) is 8.74. The molecule has 4 atom stereocenters. The largest absolute Gasteiger partial charge is 0.359 e. The van der Waals surface area contributed by atoms with Crippen LogP contribution in [0.5, 0.6) is 0 Å². The summed E-state index contributed by atoms with van der Waals surface area (Å²) in [5.41, 5.74) is 0. The molecule has 0 aromatic rings. The zero-order valence-electron chi connectivity index (χ0n) is 17.7. The van der Waals surface area contributed by atoms with Gasteiger partial charge in [0.15, 0.2) is 0 Å². The summed E-state index contributed by atoms with van der Waals surface area (Å²) >= 11 is 2.14. The van der Waals surface area contributed by atoms with Crippen LogP contribution in [0, 0.1) is 11.8 Å². The third-order valence-electron chi connectivity index (χ3n) is 4.80. The van der Waals surface area contributed by atoms with Gasteiger partial charge >= 0.3 is 0 Å². The van der Waals surface area contributed by atoms with E-state index in [1.807, 2.05) is 0 Å². The molecule has 152 valence electrons. The van der Waals surface area contributed by atoms with Gasteiger partial charge in [-0.25, -0.2) is 0 Å². The highest BCUT2D eigenvalue weighted by Gasteiger charge is 2.34. The van der Waals surface area contributed by atoms with E-state index in [1.54, 1.807) is 0 Å². The van der Waals surface area contributed by atoms with Crippen molar-refractivity contribution >= 4 is 11.8 Å². The molecule has 0 aromatic heterocycles. The van der Waals surface area contributed by atoms with Gasteiger partial charge in [0.25, 0.3) is 0 Å². The Morgan fingerprint density at radius 2 is 1.32 bits per heavy atom. The summed E-state index contributed by atoms with van der Waals surface area (Å²) in [4.78, 5) is 5.06. The summed E-state index contributed by atoms with van der Waals surface area (Å²) in [5.74, 6) is 1.37. The molecular formula is C21H46N2OS. The van der Waals surface area contributed by atoms with Gasteiger partial charge in [0, 0.05) is 30.4 Å². The maximum atomic E-state index is 5.82. The summed E-state index contributed by atoms with van der Waals surface area (Å²) in [6.45, 7) is 25.0. The molecule has 0 aliphatic carbocycles. The van der Waals surface area contributed by atoms with E-state index < -0.39 is 0 Å². The van der Waals surface area contributed by atoms with Crippen molar-refractivity contribution in [3.05, 3.63) is 0 Å². The molecule has 25 heavy (non-hydrogen) atoms. The normalized spacial score (nSPS) is 31.0. The Bertz CT molecular complexity index is 294. The van der Waals surface area contributed by atoms with Gasteiger partial charge in [-0.15, -0.1) is 11.8 Å². The highest BCUT2D eigenvalue weighted by atomic mass is 32.2. The van der Waals surface area contributed by atoms with E-state index in [0.717, 1.165) is 23.1 Å². The molecular weight excluding hydrogens is 328 g/mol. The molecule has 3 nitrogen and oxygen atoms in total. The molecule has 4 heteroatoms. The second kappa shape index (κ2) is 11.2. The molecule has 2 fully saturated rings. The minimum Gasteiger partial charge on any atom is -0.359 e. The lowest BCUT2D eigenvalue weighted by Crippen LogP contribution is -2.39. The maximum absolute atomic E-state index is 5.82. The van der Waals surface area contributed by atoms with E-state index in [9.17, 15) is 0 Å². The lowest BCUT2D eigenvalue weighted by Gasteiger charge is -2.29. The molecule has 2 aliphatic rings. The van der Waals surface area contributed by atoms with E-state index in [-0.39, 0.29) is 7.43 Å². The number of nitrogens with zero attached hydrogens (tertiary/aromatic N) is 2. The maximum Gasteiger partial charge on any atom is 0.113 e. The topological polar surface area (TPSA) is 15.7 Å². The molecule has 0 aromatic carbocycles. The van der Waals surface area contributed by atoms with Gasteiger partial charge in [-0.05, 0) is 46.5 Å². The Morgan fingerprint density at radius 3 is 1.64 bits per heavy atom. The fourth-order valence-electron chi connectivity index (χ4n) is 3.61. The minimum absolute atomic E-state index is 0. The molecule has 0 bridgehead atoms. The lowest BCUT2D eigenvalue weighted by atomic mass is 10.1. The monoisotopic (exact) mass is 374 g/mol. The highest BCUT2D eigenvalue weighted by Crippen LogP contribution is 2.35. The Hall–Kier alpha value is 0.230. The molecule has 0 spiro atoms. The van der Waals surface area contributed by atoms with Crippen LogP contribution in [0.1, 0.15) is 76.7 Å². The molecule has 0 unspecified atom stereocenters. The van der Waals surface area contributed by atoms with Crippen molar-refractivity contribution in [3.63, 3.8) is 0 Å². The van der Waals surface area contributed by atoms with Gasteiger partial charge in [0.05, 0.1) is 11.5 Å². The number of hydrogen-bond donors (Lipinski definition) is 0. The van der Waals surface area contributed by atoms with Gasteiger partial charge in [0.1, 0.15) is 6.23 Å². The predicted molar refractivity (Wildman–Crippen MR) is 115 cm³/mol. The van der Waals surface area contributed by atoms with E-state index in [2.05, 4.69) is 90.8 Å². The van der Waals surface area contributed by atoms with Crippen LogP contribution in [0.25, 0.3) is 0 Å². The Kier molecular flexibility index (Phi) is 11.3. The zero-order chi connectivity index (χ0) is 18.6. The average Bonchev–Trinajstić information content (AvgIpc) is 3.03. The number of thioether (sulfide) groups is 1. The SMILES string of the molecule is C.CC(C)[C@@H]1O[C@H](C)CN1C(C)C.CC(C)[C@@H]1S[C@H](C)CN1C(C)C. The molecule has 2 saturated heterocycles. The van der Waals surface area contributed by atoms with Gasteiger partial charge in [-0.1, -0.05) is 42.0 Å². The Balaban J connectivity index is 0.000000443. The van der Waals surface area contributed by atoms with E-state index in [0.29, 0.717) is 30.3 Å². The van der Waals surface area contributed by atoms with Crippen molar-refractivity contribution in [2.24, 2.45) is 11.8 Å². The first-order chi connectivity index (χ1) is 11.0. The van der Waals surface area contributed by atoms with Crippen LogP contribution >= 0.6 is 11.8 Å². The molecule has 0 N–H and O–H groups in total. The molecule has 0 radical (unpaired) electrons. The van der Waals surface area contributed by atoms with E-state index in [4.69, 9.17) is 4.74 Å². The van der Waals surface area contributed by atoms with Crippen LogP contribution in [0.2, 0.25) is 0 Å². The fraction of sp³-hybridized carbons (Fsp3) is 1.00. The van der Waals surface area contributed by atoms with Crippen LogP contribution in [-0.4, -0.2) is 57.9 Å². The first-order valence-corrected chi connectivity index (χ1v) is 10.8. The second-order valence-corrected chi connectivity index (χ2v) is 10.3. The Labute approximate surface area is 163 Å². The average molecular weight is 375 g/mol. The standard InChI is InChI=1S/C10H21NO.C10H21NS.CH4/c2*1-7(2)10-11(8(3)4)6-9(5)12-10;/h2*7-10H,6H2,1-5H3;1H4/t2*9-,10+;/m11./s1.